The van der Waals surface area contributed by atoms with Crippen LogP contribution in [0.3, 0.4) is 0 Å². The molecule has 0 aliphatic carbocycles. The molecule has 166 valence electrons. The molecule has 0 radical (unpaired) electrons. The van der Waals surface area contributed by atoms with Crippen LogP contribution in [-0.2, 0) is 18.3 Å². The Morgan fingerprint density at radius 1 is 1.03 bits per heavy atom. The van der Waals surface area contributed by atoms with Crippen LogP contribution in [0.4, 0.5) is 10.5 Å². The van der Waals surface area contributed by atoms with Crippen LogP contribution < -0.4 is 85.5 Å². The van der Waals surface area contributed by atoms with Gasteiger partial charge in [-0.2, -0.15) is 0 Å². The van der Waals surface area contributed by atoms with Crippen molar-refractivity contribution in [2.75, 3.05) is 5.32 Å². The molecule has 3 rings (SSSR count). The zero-order chi connectivity index (χ0) is 23.3. The molecule has 8 nitrogen and oxygen atoms in total. The van der Waals surface area contributed by atoms with Crippen molar-refractivity contribution in [2.24, 2.45) is 7.05 Å². The Morgan fingerprint density at radius 3 is 2.29 bits per heavy atom. The van der Waals surface area contributed by atoms with Crippen LogP contribution in [0.15, 0.2) is 65.6 Å². The van der Waals surface area contributed by atoms with Crippen molar-refractivity contribution >= 4 is 17.7 Å². The van der Waals surface area contributed by atoms with Crippen LogP contribution in [-0.4, -0.2) is 16.6 Å². The average Bonchev–Trinajstić information content (AvgIpc) is 2.75. The first-order chi connectivity index (χ1) is 15.2. The minimum absolute atomic E-state index is 0. The SMILES string of the molecule is Cc1ccccc1Cc1ccc([C@H](CC(=O)[O-])NC(=O)Nc2c([O-])ccn(C)c2=O)cc1.[Na+].[Na+]. The van der Waals surface area contributed by atoms with E-state index in [1.165, 1.54) is 24.4 Å². The van der Waals surface area contributed by atoms with Crippen LogP contribution in [0.25, 0.3) is 0 Å². The van der Waals surface area contributed by atoms with Crippen molar-refractivity contribution in [1.82, 2.24) is 9.88 Å². The van der Waals surface area contributed by atoms with E-state index in [1.807, 2.05) is 43.3 Å². The second-order valence-corrected chi connectivity index (χ2v) is 7.54. The molecule has 0 spiro atoms. The maximum atomic E-state index is 12.4. The van der Waals surface area contributed by atoms with Gasteiger partial charge in [-0.1, -0.05) is 60.3 Å². The van der Waals surface area contributed by atoms with E-state index in [9.17, 15) is 24.6 Å². The molecule has 0 saturated carbocycles. The normalized spacial score (nSPS) is 10.9. The van der Waals surface area contributed by atoms with Gasteiger partial charge in [0.25, 0.3) is 5.56 Å². The maximum Gasteiger partial charge on any atom is 1.00 e. The number of nitrogens with one attached hydrogen (secondary N) is 2. The quantitative estimate of drug-likeness (QED) is 0.330. The van der Waals surface area contributed by atoms with E-state index in [0.29, 0.717) is 5.56 Å². The molecule has 3 aromatic rings. The van der Waals surface area contributed by atoms with Gasteiger partial charge in [-0.25, -0.2) is 4.79 Å². The van der Waals surface area contributed by atoms with E-state index in [4.69, 9.17) is 0 Å². The number of carboxylic acids is 1. The molecule has 2 amide bonds. The molecule has 0 fully saturated rings. The van der Waals surface area contributed by atoms with Crippen molar-refractivity contribution in [3.05, 3.63) is 93.4 Å². The molecule has 1 atom stereocenters. The third kappa shape index (κ3) is 8.01. The zero-order valence-corrected chi connectivity index (χ0v) is 23.8. The van der Waals surface area contributed by atoms with Crippen LogP contribution in [0, 0.1) is 6.92 Å². The fraction of sp³-hybridized carbons (Fsp3) is 0.208. The number of hydrogen-bond acceptors (Lipinski definition) is 5. The third-order valence-corrected chi connectivity index (χ3v) is 5.18. The van der Waals surface area contributed by atoms with Crippen molar-refractivity contribution in [2.45, 2.75) is 25.8 Å². The number of carboxylic acid groups (broad SMARTS) is 1. The second kappa shape index (κ2) is 13.7. The van der Waals surface area contributed by atoms with Crippen LogP contribution in [0.1, 0.15) is 34.7 Å². The number of aryl methyl sites for hydroxylation is 2. The number of benzene rings is 2. The topological polar surface area (TPSA) is 126 Å². The van der Waals surface area contributed by atoms with Gasteiger partial charge in [0.1, 0.15) is 5.69 Å². The smallest absolute Gasteiger partial charge is 0.871 e. The molecule has 0 saturated heterocycles. The Balaban J connectivity index is 0.00000289. The van der Waals surface area contributed by atoms with Gasteiger partial charge < -0.3 is 30.2 Å². The van der Waals surface area contributed by atoms with Gasteiger partial charge in [0, 0.05) is 25.6 Å². The molecule has 0 aliphatic heterocycles. The second-order valence-electron chi connectivity index (χ2n) is 7.54. The first-order valence-corrected chi connectivity index (χ1v) is 10.0. The Kier molecular flexibility index (Phi) is 12.1. The first-order valence-electron chi connectivity index (χ1n) is 10.0. The summed E-state index contributed by atoms with van der Waals surface area (Å²) in [6, 6.07) is 14.6. The largest absolute Gasteiger partial charge is 1.00 e. The molecule has 1 heterocycles. The summed E-state index contributed by atoms with van der Waals surface area (Å²) in [6.07, 6.45) is 1.54. The van der Waals surface area contributed by atoms with Crippen LogP contribution >= 0.6 is 0 Å². The maximum absolute atomic E-state index is 12.4. The minimum Gasteiger partial charge on any atom is -0.871 e. The van der Waals surface area contributed by atoms with Gasteiger partial charge in [0.15, 0.2) is 0 Å². The minimum atomic E-state index is -1.35. The summed E-state index contributed by atoms with van der Waals surface area (Å²) in [5.74, 6) is -1.99. The number of hydrogen-bond donors (Lipinski definition) is 2. The van der Waals surface area contributed by atoms with E-state index >= 15 is 0 Å². The Labute approximate surface area is 242 Å². The summed E-state index contributed by atoms with van der Waals surface area (Å²) < 4.78 is 1.16. The van der Waals surface area contributed by atoms with Gasteiger partial charge in [-0.3, -0.25) is 4.79 Å². The van der Waals surface area contributed by atoms with Crippen molar-refractivity contribution < 1.29 is 78.9 Å². The van der Waals surface area contributed by atoms with E-state index in [1.54, 1.807) is 12.1 Å². The number of aliphatic carboxylic acids is 1. The van der Waals surface area contributed by atoms with Gasteiger partial charge in [-0.15, -0.1) is 0 Å². The molecule has 0 bridgehead atoms. The molecule has 2 aromatic carbocycles. The predicted molar refractivity (Wildman–Crippen MR) is 116 cm³/mol. The molecule has 34 heavy (non-hydrogen) atoms. The van der Waals surface area contributed by atoms with E-state index in [2.05, 4.69) is 10.6 Å². The number of urea groups is 1. The Morgan fingerprint density at radius 2 is 1.68 bits per heavy atom. The number of anilines is 1. The van der Waals surface area contributed by atoms with Crippen LogP contribution in [0.5, 0.6) is 5.75 Å². The third-order valence-electron chi connectivity index (χ3n) is 5.18. The number of carbonyl (C=O) groups excluding carboxylic acids is 2. The van der Waals surface area contributed by atoms with E-state index in [0.717, 1.165) is 22.6 Å². The zero-order valence-electron chi connectivity index (χ0n) is 19.8. The molecule has 0 aliphatic rings. The Hall–Kier alpha value is -2.07. The summed E-state index contributed by atoms with van der Waals surface area (Å²) in [7, 11) is 1.45. The summed E-state index contributed by atoms with van der Waals surface area (Å²) in [6.45, 7) is 2.04. The van der Waals surface area contributed by atoms with Crippen molar-refractivity contribution in [1.29, 1.82) is 0 Å². The standard InChI is InChI=1S/C24H25N3O5.2Na/c1-15-5-3-4-6-18(15)13-16-7-9-17(10-8-16)19(14-21(29)30)25-24(32)26-22-20(28)11-12-27(2)23(22)31;;/h3-12,19,28H,13-14H2,1-2H3,(H,29,30)(H2,25,26,32);;/q;2*+1/p-2/t19-;;/m0../s1. The van der Waals surface area contributed by atoms with E-state index in [-0.39, 0.29) is 59.1 Å². The molecule has 10 heteroatoms. The number of nitrogens with zero attached hydrogens (tertiary/aromatic N) is 1. The number of carbonyl (C=O) groups is 2. The van der Waals surface area contributed by atoms with Crippen molar-refractivity contribution in [3.63, 3.8) is 0 Å². The number of pyridine rings is 1. The molecule has 2 N–H and O–H groups in total. The monoisotopic (exact) mass is 479 g/mol. The predicted octanol–water partition coefficient (Wildman–Crippen LogP) is -4.63. The fourth-order valence-electron chi connectivity index (χ4n) is 3.35. The first kappa shape index (κ1) is 30.0. The molecule has 1 aromatic heterocycles. The summed E-state index contributed by atoms with van der Waals surface area (Å²) in [5, 5.41) is 27.9. The number of rotatable bonds is 7. The number of amides is 2. The Bertz CT molecular complexity index is 1200. The summed E-state index contributed by atoms with van der Waals surface area (Å²) in [5.41, 5.74) is 2.87. The summed E-state index contributed by atoms with van der Waals surface area (Å²) >= 11 is 0. The van der Waals surface area contributed by atoms with Gasteiger partial charge >= 0.3 is 65.1 Å². The molecular weight excluding hydrogens is 456 g/mol. The molecular formula is C24H23N3Na2O5. The fourth-order valence-corrected chi connectivity index (χ4v) is 3.35. The average molecular weight is 479 g/mol. The van der Waals surface area contributed by atoms with Crippen LogP contribution in [0.2, 0.25) is 0 Å². The summed E-state index contributed by atoms with van der Waals surface area (Å²) in [4.78, 5) is 35.7. The van der Waals surface area contributed by atoms with E-state index < -0.39 is 41.5 Å². The van der Waals surface area contributed by atoms with Gasteiger partial charge in [0.05, 0.1) is 6.04 Å². The van der Waals surface area contributed by atoms with Gasteiger partial charge in [0.2, 0.25) is 0 Å². The number of aromatic nitrogens is 1. The van der Waals surface area contributed by atoms with Crippen molar-refractivity contribution in [3.8, 4) is 5.75 Å². The molecule has 0 unspecified atom stereocenters. The van der Waals surface area contributed by atoms with Gasteiger partial charge in [-0.05, 0) is 35.6 Å².